The number of rotatable bonds is 4. The summed E-state index contributed by atoms with van der Waals surface area (Å²) >= 11 is 0. The molecule has 0 aliphatic carbocycles. The van der Waals surface area contributed by atoms with Crippen molar-refractivity contribution in [2.24, 2.45) is 0 Å². The van der Waals surface area contributed by atoms with Crippen LogP contribution in [0.4, 0.5) is 0 Å². The maximum absolute atomic E-state index is 13.0. The van der Waals surface area contributed by atoms with Crippen LogP contribution in [0, 0.1) is 0 Å². The zero-order valence-electron chi connectivity index (χ0n) is 16.9. The molecule has 3 aromatic rings. The Balaban J connectivity index is 1.93. The number of phenolic OH excluding ortho intramolecular Hbond substituents is 1. The number of aromatic nitrogens is 1. The van der Waals surface area contributed by atoms with Crippen molar-refractivity contribution in [2.75, 3.05) is 7.11 Å². The molecule has 0 aliphatic rings. The van der Waals surface area contributed by atoms with Crippen LogP contribution in [-0.2, 0) is 5.41 Å². The van der Waals surface area contributed by atoms with Crippen LogP contribution in [-0.4, -0.2) is 23.1 Å². The summed E-state index contributed by atoms with van der Waals surface area (Å²) in [6.45, 7) is 8.20. The van der Waals surface area contributed by atoms with Gasteiger partial charge in [0, 0.05) is 16.5 Å². The Labute approximate surface area is 165 Å². The van der Waals surface area contributed by atoms with Crippen LogP contribution in [0.5, 0.6) is 11.5 Å². The second-order valence-electron chi connectivity index (χ2n) is 7.95. The highest BCUT2D eigenvalue weighted by Crippen LogP contribution is 2.29. The average molecular weight is 378 g/mol. The normalized spacial score (nSPS) is 12.6. The molecule has 2 N–H and O–H groups in total. The molecule has 0 radical (unpaired) electrons. The lowest BCUT2D eigenvalue weighted by Crippen LogP contribution is -2.27. The second kappa shape index (κ2) is 7.50. The second-order valence-corrected chi connectivity index (χ2v) is 7.95. The van der Waals surface area contributed by atoms with Gasteiger partial charge in [0.05, 0.1) is 24.2 Å². The van der Waals surface area contributed by atoms with Gasteiger partial charge >= 0.3 is 0 Å². The largest absolute Gasteiger partial charge is 0.504 e. The molecule has 28 heavy (non-hydrogen) atoms. The zero-order chi connectivity index (χ0) is 20.5. The monoisotopic (exact) mass is 378 g/mol. The van der Waals surface area contributed by atoms with Crippen molar-refractivity contribution in [3.8, 4) is 11.5 Å². The fraction of sp³-hybridized carbons (Fsp3) is 0.304. The minimum atomic E-state index is -0.261. The molecule has 0 fully saturated rings. The topological polar surface area (TPSA) is 71.5 Å². The summed E-state index contributed by atoms with van der Waals surface area (Å²) in [5.41, 5.74) is 2.92. The lowest BCUT2D eigenvalue weighted by atomic mass is 9.91. The van der Waals surface area contributed by atoms with Crippen molar-refractivity contribution in [2.45, 2.75) is 39.2 Å². The Kier molecular flexibility index (Phi) is 5.27. The van der Waals surface area contributed by atoms with Crippen molar-refractivity contribution >= 4 is 16.8 Å². The third-order valence-electron chi connectivity index (χ3n) is 4.78. The van der Waals surface area contributed by atoms with Gasteiger partial charge in [0.15, 0.2) is 11.5 Å². The van der Waals surface area contributed by atoms with Crippen LogP contribution in [0.1, 0.15) is 55.4 Å². The maximum atomic E-state index is 13.0. The van der Waals surface area contributed by atoms with Crippen molar-refractivity contribution in [1.82, 2.24) is 10.3 Å². The first kappa shape index (κ1) is 19.7. The van der Waals surface area contributed by atoms with E-state index in [9.17, 15) is 9.90 Å². The predicted octanol–water partition coefficient (Wildman–Crippen LogP) is 4.74. The number of ether oxygens (including phenoxy) is 1. The average Bonchev–Trinajstić information content (AvgIpc) is 2.66. The standard InChI is InChI=1S/C23H26N2O3/c1-14(16-9-11-18(26)19(13-16)28-5)24-22(27)17-8-6-7-15-10-12-20(23(2,3)4)25-21(15)17/h6-14,26H,1-5H3,(H,24,27). The van der Waals surface area contributed by atoms with Crippen molar-refractivity contribution < 1.29 is 14.6 Å². The molecule has 5 heteroatoms. The first-order valence-corrected chi connectivity index (χ1v) is 9.28. The number of amides is 1. The quantitative estimate of drug-likeness (QED) is 0.688. The van der Waals surface area contributed by atoms with E-state index >= 15 is 0 Å². The Morgan fingerprint density at radius 3 is 2.57 bits per heavy atom. The molecule has 0 spiro atoms. The number of fused-ring (bicyclic) bond motifs is 1. The number of aromatic hydroxyl groups is 1. The van der Waals surface area contributed by atoms with E-state index in [1.807, 2.05) is 31.2 Å². The van der Waals surface area contributed by atoms with Crippen LogP contribution in [0.2, 0.25) is 0 Å². The Morgan fingerprint density at radius 2 is 1.89 bits per heavy atom. The van der Waals surface area contributed by atoms with E-state index in [1.165, 1.54) is 7.11 Å². The first-order chi connectivity index (χ1) is 13.2. The number of methoxy groups -OCH3 is 1. The van der Waals surface area contributed by atoms with Gasteiger partial charge < -0.3 is 15.2 Å². The number of hydrogen-bond donors (Lipinski definition) is 2. The van der Waals surface area contributed by atoms with Gasteiger partial charge in [-0.25, -0.2) is 0 Å². The molecular formula is C23H26N2O3. The van der Waals surface area contributed by atoms with Gasteiger partial charge in [0.2, 0.25) is 0 Å². The number of phenols is 1. The summed E-state index contributed by atoms with van der Waals surface area (Å²) in [7, 11) is 1.50. The summed E-state index contributed by atoms with van der Waals surface area (Å²) < 4.78 is 5.16. The number of para-hydroxylation sites is 1. The molecule has 3 rings (SSSR count). The zero-order valence-corrected chi connectivity index (χ0v) is 16.9. The Morgan fingerprint density at radius 1 is 1.14 bits per heavy atom. The molecule has 1 amide bonds. The van der Waals surface area contributed by atoms with E-state index in [2.05, 4.69) is 26.1 Å². The van der Waals surface area contributed by atoms with Gasteiger partial charge in [0.25, 0.3) is 5.91 Å². The molecule has 2 aromatic carbocycles. The van der Waals surface area contributed by atoms with Crippen LogP contribution in [0.15, 0.2) is 48.5 Å². The molecule has 1 atom stereocenters. The van der Waals surface area contributed by atoms with Crippen molar-refractivity contribution in [3.63, 3.8) is 0 Å². The molecule has 1 unspecified atom stereocenters. The SMILES string of the molecule is COc1cc(C(C)NC(=O)c2cccc3ccc(C(C)(C)C)nc23)ccc1O. The summed E-state index contributed by atoms with van der Waals surface area (Å²) in [5.74, 6) is 0.252. The number of nitrogens with zero attached hydrogens (tertiary/aromatic N) is 1. The number of carbonyl (C=O) groups excluding carboxylic acids is 1. The van der Waals surface area contributed by atoms with Gasteiger partial charge in [-0.2, -0.15) is 0 Å². The minimum Gasteiger partial charge on any atom is -0.504 e. The molecule has 0 aliphatic heterocycles. The molecule has 0 saturated carbocycles. The molecular weight excluding hydrogens is 352 g/mol. The molecule has 1 aromatic heterocycles. The summed E-state index contributed by atoms with van der Waals surface area (Å²) in [4.78, 5) is 17.8. The highest BCUT2D eigenvalue weighted by atomic mass is 16.5. The predicted molar refractivity (Wildman–Crippen MR) is 111 cm³/mol. The highest BCUT2D eigenvalue weighted by Gasteiger charge is 2.19. The Hall–Kier alpha value is -3.08. The fourth-order valence-electron chi connectivity index (χ4n) is 3.07. The van der Waals surface area contributed by atoms with E-state index in [-0.39, 0.29) is 23.1 Å². The van der Waals surface area contributed by atoms with Gasteiger partial charge in [-0.15, -0.1) is 0 Å². The van der Waals surface area contributed by atoms with Gasteiger partial charge in [-0.3, -0.25) is 9.78 Å². The van der Waals surface area contributed by atoms with Crippen LogP contribution in [0.3, 0.4) is 0 Å². The number of pyridine rings is 1. The first-order valence-electron chi connectivity index (χ1n) is 9.28. The molecule has 0 bridgehead atoms. The van der Waals surface area contributed by atoms with E-state index in [0.717, 1.165) is 16.6 Å². The molecule has 146 valence electrons. The lowest BCUT2D eigenvalue weighted by Gasteiger charge is -2.19. The third-order valence-corrected chi connectivity index (χ3v) is 4.78. The van der Waals surface area contributed by atoms with Crippen molar-refractivity contribution in [1.29, 1.82) is 0 Å². The minimum absolute atomic E-state index is 0.0674. The fourth-order valence-corrected chi connectivity index (χ4v) is 3.07. The highest BCUT2D eigenvalue weighted by molar-refractivity contribution is 6.05. The third kappa shape index (κ3) is 3.93. The number of carbonyl (C=O) groups is 1. The van der Waals surface area contributed by atoms with E-state index in [0.29, 0.717) is 16.8 Å². The van der Waals surface area contributed by atoms with Crippen LogP contribution in [0.25, 0.3) is 10.9 Å². The molecule has 1 heterocycles. The summed E-state index contributed by atoms with van der Waals surface area (Å²) in [6, 6.07) is 14.4. The van der Waals surface area contributed by atoms with E-state index < -0.39 is 0 Å². The smallest absolute Gasteiger partial charge is 0.253 e. The lowest BCUT2D eigenvalue weighted by molar-refractivity contribution is 0.0941. The molecule has 0 saturated heterocycles. The van der Waals surface area contributed by atoms with Crippen LogP contribution >= 0.6 is 0 Å². The van der Waals surface area contributed by atoms with Gasteiger partial charge in [-0.05, 0) is 36.8 Å². The number of nitrogens with one attached hydrogen (secondary N) is 1. The summed E-state index contributed by atoms with van der Waals surface area (Å²) in [5, 5.41) is 13.7. The van der Waals surface area contributed by atoms with Gasteiger partial charge in [-0.1, -0.05) is 45.0 Å². The Bertz CT molecular complexity index is 1020. The van der Waals surface area contributed by atoms with Crippen LogP contribution < -0.4 is 10.1 Å². The van der Waals surface area contributed by atoms with Gasteiger partial charge in [0.1, 0.15) is 0 Å². The van der Waals surface area contributed by atoms with E-state index in [1.54, 1.807) is 24.3 Å². The van der Waals surface area contributed by atoms with E-state index in [4.69, 9.17) is 9.72 Å². The number of benzene rings is 2. The summed E-state index contributed by atoms with van der Waals surface area (Å²) in [6.07, 6.45) is 0. The number of hydrogen-bond acceptors (Lipinski definition) is 4. The molecule has 5 nitrogen and oxygen atoms in total. The maximum Gasteiger partial charge on any atom is 0.253 e. The van der Waals surface area contributed by atoms with Crippen molar-refractivity contribution in [3.05, 3.63) is 65.4 Å².